The number of hydrogen-bond acceptors (Lipinski definition) is 7. The summed E-state index contributed by atoms with van der Waals surface area (Å²) in [6.07, 6.45) is -0.543. The number of rotatable bonds is 7. The summed E-state index contributed by atoms with van der Waals surface area (Å²) < 4.78 is 15.3. The van der Waals surface area contributed by atoms with Crippen LogP contribution in [0.2, 0.25) is 0 Å². The molecule has 3 aromatic rings. The van der Waals surface area contributed by atoms with Crippen LogP contribution < -0.4 is 10.1 Å². The van der Waals surface area contributed by atoms with Crippen LogP contribution in [0.5, 0.6) is 5.75 Å². The predicted octanol–water partition coefficient (Wildman–Crippen LogP) is 4.74. The van der Waals surface area contributed by atoms with Crippen LogP contribution in [0.4, 0.5) is 10.5 Å². The lowest BCUT2D eigenvalue weighted by Gasteiger charge is -2.06. The highest BCUT2D eigenvalue weighted by Crippen LogP contribution is 2.26. The third-order valence-corrected chi connectivity index (χ3v) is 4.82. The fraction of sp³-hybridized carbons (Fsp3) is 0.190. The number of methoxy groups -OCH3 is 1. The third kappa shape index (κ3) is 5.55. The van der Waals surface area contributed by atoms with Gasteiger partial charge in [0.25, 0.3) is 0 Å². The van der Waals surface area contributed by atoms with Gasteiger partial charge in [0.2, 0.25) is 0 Å². The minimum absolute atomic E-state index is 0.0777. The molecule has 7 nitrogen and oxygen atoms in total. The van der Waals surface area contributed by atoms with E-state index < -0.39 is 12.1 Å². The first-order chi connectivity index (χ1) is 14.1. The Kier molecular flexibility index (Phi) is 6.80. The maximum Gasteiger partial charge on any atom is 0.411 e. The number of carbonyl (C=O) groups excluding carboxylic acids is 2. The molecule has 0 aliphatic rings. The molecule has 8 heteroatoms. The Labute approximate surface area is 172 Å². The molecule has 1 amide bonds. The number of benzene rings is 2. The number of carbonyl (C=O) groups is 2. The molecule has 29 heavy (non-hydrogen) atoms. The van der Waals surface area contributed by atoms with Gasteiger partial charge in [-0.05, 0) is 55.5 Å². The van der Waals surface area contributed by atoms with E-state index in [1.54, 1.807) is 38.3 Å². The second-order valence-electron chi connectivity index (χ2n) is 5.87. The average Bonchev–Trinajstić information content (AvgIpc) is 3.22. The zero-order chi connectivity index (χ0) is 20.6. The minimum atomic E-state index is -0.543. The first-order valence-electron chi connectivity index (χ1n) is 8.89. The van der Waals surface area contributed by atoms with Gasteiger partial charge < -0.3 is 14.2 Å². The summed E-state index contributed by atoms with van der Waals surface area (Å²) >= 11 is 1.48. The number of aromatic nitrogens is 1. The van der Waals surface area contributed by atoms with Crippen LogP contribution in [0.3, 0.4) is 0 Å². The lowest BCUT2D eigenvalue weighted by atomic mass is 10.2. The highest BCUT2D eigenvalue weighted by Gasteiger charge is 2.11. The standard InChI is InChI=1S/C21H20N2O5S/c1-3-27-21(25)23-16-8-4-15(5-9-16)20(24)28-12-17-13-29-19(22-17)14-6-10-18(26-2)11-7-14/h4-11,13H,3,12H2,1-2H3,(H,23,25). The van der Waals surface area contributed by atoms with E-state index in [-0.39, 0.29) is 13.2 Å². The van der Waals surface area contributed by atoms with Crippen molar-refractivity contribution in [2.45, 2.75) is 13.5 Å². The third-order valence-electron chi connectivity index (χ3n) is 3.88. The quantitative estimate of drug-likeness (QED) is 0.564. The van der Waals surface area contributed by atoms with Crippen molar-refractivity contribution in [1.82, 2.24) is 4.98 Å². The summed E-state index contributed by atoms with van der Waals surface area (Å²) in [5.74, 6) is 0.314. The lowest BCUT2D eigenvalue weighted by molar-refractivity contribution is 0.0468. The Morgan fingerprint density at radius 3 is 2.41 bits per heavy atom. The molecule has 0 radical (unpaired) electrons. The summed E-state index contributed by atoms with van der Waals surface area (Å²) in [5, 5.41) is 5.26. The summed E-state index contributed by atoms with van der Waals surface area (Å²) in [6, 6.07) is 14.0. The van der Waals surface area contributed by atoms with Gasteiger partial charge in [0.15, 0.2) is 0 Å². The molecule has 1 aromatic heterocycles. The van der Waals surface area contributed by atoms with Crippen molar-refractivity contribution >= 4 is 29.1 Å². The molecule has 0 aliphatic carbocycles. The van der Waals surface area contributed by atoms with Gasteiger partial charge in [-0.15, -0.1) is 11.3 Å². The van der Waals surface area contributed by atoms with Gasteiger partial charge in [-0.2, -0.15) is 0 Å². The molecule has 0 unspecified atom stereocenters. The Morgan fingerprint density at radius 2 is 1.76 bits per heavy atom. The summed E-state index contributed by atoms with van der Waals surface area (Å²) in [4.78, 5) is 28.1. The highest BCUT2D eigenvalue weighted by atomic mass is 32.1. The second-order valence-corrected chi connectivity index (χ2v) is 6.73. The van der Waals surface area contributed by atoms with Crippen LogP contribution in [-0.2, 0) is 16.1 Å². The molecule has 0 saturated carbocycles. The van der Waals surface area contributed by atoms with E-state index in [0.29, 0.717) is 16.9 Å². The smallest absolute Gasteiger partial charge is 0.411 e. The normalized spacial score (nSPS) is 10.3. The second kappa shape index (κ2) is 9.70. The molecule has 1 heterocycles. The van der Waals surface area contributed by atoms with Gasteiger partial charge in [-0.1, -0.05) is 0 Å². The molecule has 150 valence electrons. The number of nitrogens with one attached hydrogen (secondary N) is 1. The minimum Gasteiger partial charge on any atom is -0.497 e. The fourth-order valence-corrected chi connectivity index (χ4v) is 3.25. The first kappa shape index (κ1) is 20.3. The number of esters is 1. The number of nitrogens with zero attached hydrogens (tertiary/aromatic N) is 1. The lowest BCUT2D eigenvalue weighted by Crippen LogP contribution is -2.13. The van der Waals surface area contributed by atoms with Crippen LogP contribution in [0.25, 0.3) is 10.6 Å². The van der Waals surface area contributed by atoms with Gasteiger partial charge in [0.05, 0.1) is 25.0 Å². The summed E-state index contributed by atoms with van der Waals surface area (Å²) in [6.45, 7) is 2.09. The number of ether oxygens (including phenoxy) is 3. The van der Waals surface area contributed by atoms with Gasteiger partial charge >= 0.3 is 12.1 Å². The molecule has 1 N–H and O–H groups in total. The maximum absolute atomic E-state index is 12.2. The van der Waals surface area contributed by atoms with Gasteiger partial charge in [0.1, 0.15) is 17.4 Å². The Morgan fingerprint density at radius 1 is 1.03 bits per heavy atom. The average molecular weight is 412 g/mol. The largest absolute Gasteiger partial charge is 0.497 e. The first-order valence-corrected chi connectivity index (χ1v) is 9.76. The van der Waals surface area contributed by atoms with Crippen molar-refractivity contribution in [2.24, 2.45) is 0 Å². The molecule has 0 atom stereocenters. The Balaban J connectivity index is 1.55. The molecule has 0 bridgehead atoms. The molecule has 2 aromatic carbocycles. The Hall–Kier alpha value is -3.39. The zero-order valence-electron chi connectivity index (χ0n) is 16.0. The summed E-state index contributed by atoms with van der Waals surface area (Å²) in [5.41, 5.74) is 2.56. The molecule has 3 rings (SSSR count). The SMILES string of the molecule is CCOC(=O)Nc1ccc(C(=O)OCc2csc(-c3ccc(OC)cc3)n2)cc1. The van der Waals surface area contributed by atoms with Crippen molar-refractivity contribution in [1.29, 1.82) is 0 Å². The van der Waals surface area contributed by atoms with Crippen molar-refractivity contribution < 1.29 is 23.8 Å². The monoisotopic (exact) mass is 412 g/mol. The number of anilines is 1. The number of hydrogen-bond donors (Lipinski definition) is 1. The van der Waals surface area contributed by atoms with E-state index in [1.165, 1.54) is 11.3 Å². The van der Waals surface area contributed by atoms with Crippen LogP contribution in [0.15, 0.2) is 53.9 Å². The van der Waals surface area contributed by atoms with E-state index >= 15 is 0 Å². The van der Waals surface area contributed by atoms with E-state index in [2.05, 4.69) is 10.3 Å². The molecule has 0 aliphatic heterocycles. The summed E-state index contributed by atoms with van der Waals surface area (Å²) in [7, 11) is 1.62. The van der Waals surface area contributed by atoms with Gasteiger partial charge in [-0.3, -0.25) is 5.32 Å². The van der Waals surface area contributed by atoms with Crippen molar-refractivity contribution in [3.63, 3.8) is 0 Å². The topological polar surface area (TPSA) is 86.8 Å². The number of thiazole rings is 1. The van der Waals surface area contributed by atoms with E-state index in [0.717, 1.165) is 16.3 Å². The van der Waals surface area contributed by atoms with E-state index in [4.69, 9.17) is 14.2 Å². The molecule has 0 fully saturated rings. The molecular weight excluding hydrogens is 392 g/mol. The zero-order valence-corrected chi connectivity index (χ0v) is 16.8. The van der Waals surface area contributed by atoms with E-state index in [9.17, 15) is 9.59 Å². The van der Waals surface area contributed by atoms with Crippen LogP contribution in [0, 0.1) is 0 Å². The van der Waals surface area contributed by atoms with Crippen LogP contribution in [0.1, 0.15) is 23.0 Å². The predicted molar refractivity (Wildman–Crippen MR) is 110 cm³/mol. The van der Waals surface area contributed by atoms with Crippen LogP contribution >= 0.6 is 11.3 Å². The number of amides is 1. The van der Waals surface area contributed by atoms with Crippen molar-refractivity contribution in [2.75, 3.05) is 19.0 Å². The molecule has 0 saturated heterocycles. The van der Waals surface area contributed by atoms with Crippen molar-refractivity contribution in [3.8, 4) is 16.3 Å². The van der Waals surface area contributed by atoms with Crippen molar-refractivity contribution in [3.05, 3.63) is 65.2 Å². The van der Waals surface area contributed by atoms with Crippen LogP contribution in [-0.4, -0.2) is 30.8 Å². The Bertz CT molecular complexity index is 967. The van der Waals surface area contributed by atoms with Gasteiger partial charge in [0, 0.05) is 16.6 Å². The molecular formula is C21H20N2O5S. The molecule has 0 spiro atoms. The van der Waals surface area contributed by atoms with Gasteiger partial charge in [-0.25, -0.2) is 14.6 Å². The maximum atomic E-state index is 12.2. The highest BCUT2D eigenvalue weighted by molar-refractivity contribution is 7.13. The fourth-order valence-electron chi connectivity index (χ4n) is 2.44. The van der Waals surface area contributed by atoms with E-state index in [1.807, 2.05) is 29.6 Å².